The van der Waals surface area contributed by atoms with Crippen molar-refractivity contribution in [1.29, 1.82) is 0 Å². The molecule has 0 aromatic heterocycles. The summed E-state index contributed by atoms with van der Waals surface area (Å²) in [7, 11) is 0. The Bertz CT molecular complexity index is 884. The zero-order valence-corrected chi connectivity index (χ0v) is 18.5. The van der Waals surface area contributed by atoms with Gasteiger partial charge in [-0.1, -0.05) is 25.2 Å². The van der Waals surface area contributed by atoms with Gasteiger partial charge in [0.05, 0.1) is 0 Å². The van der Waals surface area contributed by atoms with Gasteiger partial charge in [-0.2, -0.15) is 4.99 Å². The zero-order valence-electron chi connectivity index (χ0n) is 16.3. The number of allylic oxidation sites excluding steroid dienone is 1. The Morgan fingerprint density at radius 1 is 1.21 bits per heavy atom. The largest absolute Gasteiger partial charge is 0.473 e. The Kier molecular flexibility index (Phi) is 6.41. The summed E-state index contributed by atoms with van der Waals surface area (Å²) in [6.07, 6.45) is 9.07. The first-order valence-electron chi connectivity index (χ1n) is 10.1. The maximum absolute atomic E-state index is 13.8. The van der Waals surface area contributed by atoms with Crippen molar-refractivity contribution in [3.63, 3.8) is 0 Å². The predicted molar refractivity (Wildman–Crippen MR) is 118 cm³/mol. The average molecular weight is 514 g/mol. The molecular formula is C22H25F2IN2O2. The Balaban J connectivity index is 1.58. The van der Waals surface area contributed by atoms with Crippen molar-refractivity contribution < 1.29 is 18.3 Å². The number of carbonyl (C=O) groups excluding carboxylic acids is 1. The Labute approximate surface area is 179 Å². The molecule has 29 heavy (non-hydrogen) atoms. The van der Waals surface area contributed by atoms with E-state index < -0.39 is 32.4 Å². The molecule has 0 radical (unpaired) electrons. The molecule has 2 unspecified atom stereocenters. The van der Waals surface area contributed by atoms with Crippen LogP contribution in [0.5, 0.6) is 0 Å². The fourth-order valence-electron chi connectivity index (χ4n) is 4.56. The van der Waals surface area contributed by atoms with Crippen LogP contribution in [0.15, 0.2) is 28.9 Å². The molecule has 2 saturated heterocycles. The van der Waals surface area contributed by atoms with Gasteiger partial charge in [0, 0.05) is 34.4 Å². The van der Waals surface area contributed by atoms with Crippen LogP contribution in [0.1, 0.15) is 50.5 Å². The van der Waals surface area contributed by atoms with Gasteiger partial charge in [0.1, 0.15) is 6.61 Å². The van der Waals surface area contributed by atoms with Gasteiger partial charge >= 0.3 is 0 Å². The van der Waals surface area contributed by atoms with Crippen LogP contribution in [0.3, 0.4) is 0 Å². The number of piperidine rings is 2. The van der Waals surface area contributed by atoms with Gasteiger partial charge in [-0.25, -0.2) is 8.78 Å². The second-order valence-corrected chi connectivity index (χ2v) is 9.79. The summed E-state index contributed by atoms with van der Waals surface area (Å²) in [5.41, 5.74) is 1.75. The molecule has 3 heterocycles. The fourth-order valence-corrected chi connectivity index (χ4v) is 5.78. The van der Waals surface area contributed by atoms with E-state index in [0.29, 0.717) is 27.5 Å². The number of nitrogens with zero attached hydrogens (tertiary/aromatic N) is 2. The summed E-state index contributed by atoms with van der Waals surface area (Å²) in [4.78, 5) is 18.8. The maximum Gasteiger partial charge on any atom is 0.248 e. The third-order valence-electron chi connectivity index (χ3n) is 6.01. The molecule has 156 valence electrons. The first-order chi connectivity index (χ1) is 14.0. The molecule has 0 aliphatic carbocycles. The van der Waals surface area contributed by atoms with E-state index in [-0.39, 0.29) is 18.4 Å². The molecule has 3 aliphatic rings. The van der Waals surface area contributed by atoms with Gasteiger partial charge in [0.15, 0.2) is 11.6 Å². The van der Waals surface area contributed by atoms with E-state index in [9.17, 15) is 13.6 Å². The molecule has 7 heteroatoms. The van der Waals surface area contributed by atoms with Crippen LogP contribution < -0.4 is 0 Å². The van der Waals surface area contributed by atoms with Crippen LogP contribution in [-0.4, -0.2) is 33.8 Å². The van der Waals surface area contributed by atoms with Crippen molar-refractivity contribution >= 4 is 37.1 Å². The number of fused-ring (bicyclic) bond motifs is 3. The van der Waals surface area contributed by atoms with Gasteiger partial charge in [0.25, 0.3) is 0 Å². The SMILES string of the molecule is C=Ic1cc(COC2=NC(=O)CCC3CCC4CCCCN4C3=C2)cc(F)c1F. The number of hydrogen-bond acceptors (Lipinski definition) is 3. The molecule has 0 spiro atoms. The molecule has 1 aromatic carbocycles. The van der Waals surface area contributed by atoms with Gasteiger partial charge in [-0.3, -0.25) is 4.79 Å². The number of benzene rings is 1. The summed E-state index contributed by atoms with van der Waals surface area (Å²) in [5, 5.41) is 0. The highest BCUT2D eigenvalue weighted by molar-refractivity contribution is 14.2. The van der Waals surface area contributed by atoms with Gasteiger partial charge in [-0.15, -0.1) is 0 Å². The predicted octanol–water partition coefficient (Wildman–Crippen LogP) is 4.92. The molecule has 1 aromatic rings. The Hall–Kier alpha value is -1.64. The van der Waals surface area contributed by atoms with Gasteiger partial charge < -0.3 is 9.64 Å². The highest BCUT2D eigenvalue weighted by Crippen LogP contribution is 2.39. The first-order valence-corrected chi connectivity index (χ1v) is 12.7. The third-order valence-corrected chi connectivity index (χ3v) is 7.62. The second kappa shape index (κ2) is 9.02. The molecule has 3 aliphatic heterocycles. The number of carbonyl (C=O) groups is 1. The van der Waals surface area contributed by atoms with Crippen LogP contribution in [0.4, 0.5) is 8.78 Å². The normalized spacial score (nSPS) is 24.6. The standard InChI is InChI=1S/C22H25F2IN2O2/c1-25-18-11-14(10-17(23)22(18)24)13-29-21-12-19-15(6-8-20(28)26-21)5-7-16-4-2-3-9-27(16)19/h10-12,15-16H,1-9,13H2. The van der Waals surface area contributed by atoms with Crippen LogP contribution >= 0.6 is 20.7 Å². The average Bonchev–Trinajstić information content (AvgIpc) is 2.72. The van der Waals surface area contributed by atoms with Crippen molar-refractivity contribution in [3.8, 4) is 0 Å². The van der Waals surface area contributed by atoms with Crippen molar-refractivity contribution in [2.75, 3.05) is 6.54 Å². The first kappa shape index (κ1) is 20.6. The highest BCUT2D eigenvalue weighted by Gasteiger charge is 2.34. The number of amides is 1. The minimum Gasteiger partial charge on any atom is -0.473 e. The lowest BCUT2D eigenvalue weighted by Gasteiger charge is -2.46. The lowest BCUT2D eigenvalue weighted by atomic mass is 9.82. The fraction of sp³-hybridized carbons (Fsp3) is 0.500. The van der Waals surface area contributed by atoms with E-state index in [2.05, 4.69) is 14.4 Å². The van der Waals surface area contributed by atoms with Crippen LogP contribution in [-0.2, 0) is 16.1 Å². The highest BCUT2D eigenvalue weighted by atomic mass is 127. The number of aliphatic imine (C=N–C) groups is 1. The minimum atomic E-state index is -0.887. The topological polar surface area (TPSA) is 41.9 Å². The van der Waals surface area contributed by atoms with Crippen LogP contribution in [0.2, 0.25) is 0 Å². The molecule has 2 fully saturated rings. The number of rotatable bonds is 3. The van der Waals surface area contributed by atoms with E-state index >= 15 is 0 Å². The molecule has 4 nitrogen and oxygen atoms in total. The monoisotopic (exact) mass is 514 g/mol. The molecule has 1 amide bonds. The lowest BCUT2D eigenvalue weighted by molar-refractivity contribution is -0.118. The van der Waals surface area contributed by atoms with E-state index in [1.807, 2.05) is 6.08 Å². The second-order valence-electron chi connectivity index (χ2n) is 7.86. The van der Waals surface area contributed by atoms with Crippen LogP contribution in [0.25, 0.3) is 0 Å². The summed E-state index contributed by atoms with van der Waals surface area (Å²) in [5.74, 6) is -1.27. The lowest BCUT2D eigenvalue weighted by Crippen LogP contribution is -2.45. The van der Waals surface area contributed by atoms with Crippen LogP contribution in [0, 0.1) is 21.1 Å². The Morgan fingerprint density at radius 3 is 2.90 bits per heavy atom. The third kappa shape index (κ3) is 4.59. The summed E-state index contributed by atoms with van der Waals surface area (Å²) in [6, 6.07) is 3.31. The summed E-state index contributed by atoms with van der Waals surface area (Å²) < 4.78 is 37.5. The van der Waals surface area contributed by atoms with Crippen molar-refractivity contribution in [3.05, 3.63) is 44.7 Å². The molecular weight excluding hydrogens is 489 g/mol. The molecule has 2 atom stereocenters. The van der Waals surface area contributed by atoms with E-state index in [1.54, 1.807) is 6.07 Å². The Morgan fingerprint density at radius 2 is 2.07 bits per heavy atom. The van der Waals surface area contributed by atoms with Crippen molar-refractivity contribution in [2.24, 2.45) is 10.9 Å². The van der Waals surface area contributed by atoms with Crippen molar-refractivity contribution in [2.45, 2.75) is 57.6 Å². The minimum absolute atomic E-state index is 0.0396. The number of halogens is 3. The molecule has 4 rings (SSSR count). The van der Waals surface area contributed by atoms with Crippen molar-refractivity contribution in [1.82, 2.24) is 4.90 Å². The number of hydrogen-bond donors (Lipinski definition) is 0. The van der Waals surface area contributed by atoms with E-state index in [0.717, 1.165) is 25.5 Å². The summed E-state index contributed by atoms with van der Waals surface area (Å²) >= 11 is -0.832. The number of ether oxygens (including phenoxy) is 1. The molecule has 0 N–H and O–H groups in total. The molecule has 0 saturated carbocycles. The smallest absolute Gasteiger partial charge is 0.248 e. The maximum atomic E-state index is 13.8. The molecule has 0 bridgehead atoms. The zero-order chi connectivity index (χ0) is 20.4. The summed E-state index contributed by atoms with van der Waals surface area (Å²) in [6.45, 7) is 1.08. The quantitative estimate of drug-likeness (QED) is 0.425. The van der Waals surface area contributed by atoms with Gasteiger partial charge in [-0.05, 0) is 62.1 Å². The van der Waals surface area contributed by atoms with E-state index in [1.165, 1.54) is 31.4 Å². The van der Waals surface area contributed by atoms with Gasteiger partial charge in [0.2, 0.25) is 11.8 Å². The van der Waals surface area contributed by atoms with E-state index in [4.69, 9.17) is 4.74 Å².